The zero-order chi connectivity index (χ0) is 8.81. The van der Waals surface area contributed by atoms with Crippen LogP contribution in [0.15, 0.2) is 29.3 Å². The fourth-order valence-corrected chi connectivity index (χ4v) is 0.649. The number of isocyanates is 1. The fourth-order valence-electron chi connectivity index (χ4n) is 0.649. The van der Waals surface area contributed by atoms with E-state index in [4.69, 9.17) is 0 Å². The standard InChI is InChI=1S/C9H4FNO/c10-9-3-1-8(2-4-9)5-6-11-7-12/h1-4H. The van der Waals surface area contributed by atoms with Crippen LogP contribution in [0.3, 0.4) is 0 Å². The van der Waals surface area contributed by atoms with Crippen LogP contribution in [0.4, 0.5) is 4.39 Å². The van der Waals surface area contributed by atoms with E-state index in [9.17, 15) is 9.18 Å². The summed E-state index contributed by atoms with van der Waals surface area (Å²) < 4.78 is 12.3. The van der Waals surface area contributed by atoms with Crippen molar-refractivity contribution in [3.63, 3.8) is 0 Å². The van der Waals surface area contributed by atoms with Crippen LogP contribution < -0.4 is 0 Å². The van der Waals surface area contributed by atoms with E-state index < -0.39 is 0 Å². The van der Waals surface area contributed by atoms with Gasteiger partial charge in [-0.3, -0.25) is 0 Å². The predicted octanol–water partition coefficient (Wildman–Crippen LogP) is 1.47. The van der Waals surface area contributed by atoms with Crippen LogP contribution in [0, 0.1) is 17.8 Å². The minimum atomic E-state index is -0.320. The number of halogens is 1. The number of carbonyl (C=O) groups excluding carboxylic acids is 1. The molecule has 3 heteroatoms. The molecular formula is C9H4FNO. The highest BCUT2D eigenvalue weighted by Gasteiger charge is 1.87. The molecule has 0 unspecified atom stereocenters. The molecule has 2 nitrogen and oxygen atoms in total. The summed E-state index contributed by atoms with van der Waals surface area (Å²) in [5, 5.41) is 0. The highest BCUT2D eigenvalue weighted by molar-refractivity contribution is 5.40. The SMILES string of the molecule is O=C=NC#Cc1ccc(F)cc1. The Morgan fingerprint density at radius 3 is 2.50 bits per heavy atom. The minimum Gasteiger partial charge on any atom is -0.210 e. The molecule has 0 spiro atoms. The van der Waals surface area contributed by atoms with Gasteiger partial charge in [0.2, 0.25) is 6.08 Å². The van der Waals surface area contributed by atoms with Crippen molar-refractivity contribution >= 4 is 6.08 Å². The van der Waals surface area contributed by atoms with Gasteiger partial charge in [0.15, 0.2) is 0 Å². The van der Waals surface area contributed by atoms with Crippen molar-refractivity contribution in [3.8, 4) is 12.0 Å². The Labute approximate surface area is 68.7 Å². The molecule has 0 aromatic heterocycles. The molecule has 0 aliphatic rings. The van der Waals surface area contributed by atoms with Gasteiger partial charge in [-0.05, 0) is 30.2 Å². The molecule has 1 aromatic rings. The number of nitrogens with zero attached hydrogens (tertiary/aromatic N) is 1. The second kappa shape index (κ2) is 4.07. The van der Waals surface area contributed by atoms with E-state index in [1.165, 1.54) is 30.3 Å². The van der Waals surface area contributed by atoms with E-state index in [1.807, 2.05) is 0 Å². The Bertz CT molecular complexity index is 366. The van der Waals surface area contributed by atoms with Gasteiger partial charge in [0.05, 0.1) is 6.04 Å². The van der Waals surface area contributed by atoms with Gasteiger partial charge in [-0.1, -0.05) is 0 Å². The topological polar surface area (TPSA) is 29.4 Å². The van der Waals surface area contributed by atoms with Gasteiger partial charge in [0.1, 0.15) is 5.82 Å². The summed E-state index contributed by atoms with van der Waals surface area (Å²) in [6.45, 7) is 0. The Morgan fingerprint density at radius 2 is 1.92 bits per heavy atom. The molecule has 0 amide bonds. The third-order valence-corrected chi connectivity index (χ3v) is 1.15. The quantitative estimate of drug-likeness (QED) is 0.322. The molecule has 0 aliphatic carbocycles. The summed E-state index contributed by atoms with van der Waals surface area (Å²) in [6.07, 6.45) is 1.28. The summed E-state index contributed by atoms with van der Waals surface area (Å²) in [4.78, 5) is 12.6. The van der Waals surface area contributed by atoms with Gasteiger partial charge in [0.25, 0.3) is 0 Å². The summed E-state index contributed by atoms with van der Waals surface area (Å²) >= 11 is 0. The average molecular weight is 161 g/mol. The van der Waals surface area contributed by atoms with Crippen LogP contribution in [0.1, 0.15) is 5.56 Å². The predicted molar refractivity (Wildman–Crippen MR) is 41.4 cm³/mol. The largest absolute Gasteiger partial charge is 0.249 e. The molecular weight excluding hydrogens is 157 g/mol. The van der Waals surface area contributed by atoms with Gasteiger partial charge < -0.3 is 0 Å². The lowest BCUT2D eigenvalue weighted by molar-refractivity contribution is 0.565. The van der Waals surface area contributed by atoms with Crippen molar-refractivity contribution in [2.45, 2.75) is 0 Å². The van der Waals surface area contributed by atoms with Crippen LogP contribution in [-0.4, -0.2) is 6.08 Å². The lowest BCUT2D eigenvalue weighted by Gasteiger charge is -1.87. The number of rotatable bonds is 0. The molecule has 58 valence electrons. The number of benzene rings is 1. The molecule has 0 heterocycles. The molecule has 0 bridgehead atoms. The maximum atomic E-state index is 12.3. The summed E-state index contributed by atoms with van der Waals surface area (Å²) in [5.41, 5.74) is 0.607. The van der Waals surface area contributed by atoms with Crippen LogP contribution in [0.2, 0.25) is 0 Å². The number of hydrogen-bond acceptors (Lipinski definition) is 2. The van der Waals surface area contributed by atoms with Crippen molar-refractivity contribution in [1.29, 1.82) is 0 Å². The first-order valence-electron chi connectivity index (χ1n) is 3.16. The lowest BCUT2D eigenvalue weighted by Crippen LogP contribution is -1.74. The molecule has 1 aromatic carbocycles. The molecule has 12 heavy (non-hydrogen) atoms. The molecule has 0 saturated heterocycles. The van der Waals surface area contributed by atoms with Crippen LogP contribution in [0.5, 0.6) is 0 Å². The Morgan fingerprint density at radius 1 is 1.25 bits per heavy atom. The van der Waals surface area contributed by atoms with Gasteiger partial charge >= 0.3 is 0 Å². The van der Waals surface area contributed by atoms with Crippen molar-refractivity contribution in [2.75, 3.05) is 0 Å². The van der Waals surface area contributed by atoms with E-state index in [0.717, 1.165) is 0 Å². The number of hydrogen-bond donors (Lipinski definition) is 0. The van der Waals surface area contributed by atoms with Crippen molar-refractivity contribution in [3.05, 3.63) is 35.6 Å². The Balaban J connectivity index is 2.86. The second-order valence-corrected chi connectivity index (χ2v) is 1.95. The maximum absolute atomic E-state index is 12.3. The van der Waals surface area contributed by atoms with Gasteiger partial charge in [0, 0.05) is 5.56 Å². The third kappa shape index (κ3) is 2.37. The monoisotopic (exact) mass is 161 g/mol. The zero-order valence-corrected chi connectivity index (χ0v) is 6.04. The normalized spacial score (nSPS) is 7.75. The second-order valence-electron chi connectivity index (χ2n) is 1.95. The average Bonchev–Trinajstić information content (AvgIpc) is 2.09. The van der Waals surface area contributed by atoms with E-state index in [-0.39, 0.29) is 5.82 Å². The van der Waals surface area contributed by atoms with Gasteiger partial charge in [-0.15, -0.1) is 4.99 Å². The van der Waals surface area contributed by atoms with Crippen molar-refractivity contribution < 1.29 is 9.18 Å². The fraction of sp³-hybridized carbons (Fsp3) is 0. The highest BCUT2D eigenvalue weighted by Crippen LogP contribution is 2.00. The molecule has 0 aliphatic heterocycles. The van der Waals surface area contributed by atoms with Crippen LogP contribution in [-0.2, 0) is 4.79 Å². The van der Waals surface area contributed by atoms with Gasteiger partial charge in [-0.2, -0.15) is 0 Å². The van der Waals surface area contributed by atoms with E-state index in [1.54, 1.807) is 0 Å². The van der Waals surface area contributed by atoms with E-state index in [2.05, 4.69) is 17.0 Å². The molecule has 0 radical (unpaired) electrons. The Hall–Kier alpha value is -1.91. The van der Waals surface area contributed by atoms with Crippen LogP contribution >= 0.6 is 0 Å². The summed E-state index contributed by atoms with van der Waals surface area (Å²) in [7, 11) is 0. The number of aliphatic imine (C=N–C) groups is 1. The minimum absolute atomic E-state index is 0.320. The first-order valence-corrected chi connectivity index (χ1v) is 3.16. The molecule has 0 N–H and O–H groups in total. The summed E-state index contributed by atoms with van der Waals surface area (Å²) in [6, 6.07) is 7.78. The van der Waals surface area contributed by atoms with Gasteiger partial charge in [-0.25, -0.2) is 9.18 Å². The smallest absolute Gasteiger partial charge is 0.210 e. The lowest BCUT2D eigenvalue weighted by atomic mass is 10.2. The van der Waals surface area contributed by atoms with Crippen LogP contribution in [0.25, 0.3) is 0 Å². The molecule has 0 saturated carbocycles. The molecule has 0 atom stereocenters. The van der Waals surface area contributed by atoms with Crippen molar-refractivity contribution in [1.82, 2.24) is 0 Å². The molecule has 0 fully saturated rings. The molecule has 1 rings (SSSR count). The summed E-state index contributed by atoms with van der Waals surface area (Å²) in [5.74, 6) is 2.21. The first-order chi connectivity index (χ1) is 5.83. The Kier molecular flexibility index (Phi) is 2.78. The maximum Gasteiger partial charge on any atom is 0.249 e. The van der Waals surface area contributed by atoms with Crippen molar-refractivity contribution in [2.24, 2.45) is 4.99 Å². The first kappa shape index (κ1) is 8.19. The zero-order valence-electron chi connectivity index (χ0n) is 6.04. The van der Waals surface area contributed by atoms with E-state index >= 15 is 0 Å². The van der Waals surface area contributed by atoms with E-state index in [0.29, 0.717) is 5.56 Å². The third-order valence-electron chi connectivity index (χ3n) is 1.15. The highest BCUT2D eigenvalue weighted by atomic mass is 19.1.